The Hall–Kier alpha value is -3.89. The fourth-order valence-electron chi connectivity index (χ4n) is 6.95. The number of hydrogen-bond donors (Lipinski definition) is 2. The number of amides is 2. The van der Waals surface area contributed by atoms with Gasteiger partial charge in [-0.1, -0.05) is 30.3 Å². The molecule has 3 fully saturated rings. The number of sulfone groups is 1. The van der Waals surface area contributed by atoms with E-state index in [-0.39, 0.29) is 80.2 Å². The number of halogens is 5. The second-order valence-electron chi connectivity index (χ2n) is 13.3. The summed E-state index contributed by atoms with van der Waals surface area (Å²) >= 11 is 0. The summed E-state index contributed by atoms with van der Waals surface area (Å²) in [4.78, 5) is 35.0. The number of nitrogens with zero attached hydrogens (tertiary/aromatic N) is 4. The molecule has 3 atom stereocenters. The van der Waals surface area contributed by atoms with E-state index in [2.05, 4.69) is 20.7 Å². The molecular formula is C32H37F5N6O5S. The predicted octanol–water partition coefficient (Wildman–Crippen LogP) is 5.07. The number of imidazole rings is 1. The standard InChI is InChI=1S/C32H37F5N6O5S/c33-31(34)10-6-20(7-11-31)27(41-30(45)48-18-19-4-2-1-3-5-19)25-17-43-29(39-25)40-26(21-8-12-49(46,47)13-9-21)24(42-43)15-22-14-23(32(35,36)37)16-38-28(22)44/h1-5,17,20-23,27H,6-16,18H2,(H,38,44)(H,41,45)/t22-,23-,27+/m1/s1. The number of hydrogen-bond acceptors (Lipinski definition) is 8. The second kappa shape index (κ2) is 13.8. The molecule has 0 unspecified atom stereocenters. The fraction of sp³-hybridized carbons (Fsp3) is 0.594. The molecule has 0 bridgehead atoms. The molecule has 2 aliphatic heterocycles. The van der Waals surface area contributed by atoms with Crippen LogP contribution < -0.4 is 10.6 Å². The van der Waals surface area contributed by atoms with Crippen LogP contribution in [0.1, 0.15) is 79.6 Å². The molecule has 1 aliphatic carbocycles. The molecule has 2 N–H and O–H groups in total. The number of alkyl carbamates (subject to hydrolysis) is 1. The molecule has 266 valence electrons. The summed E-state index contributed by atoms with van der Waals surface area (Å²) < 4.78 is 100. The summed E-state index contributed by atoms with van der Waals surface area (Å²) in [5, 5.41) is 9.78. The van der Waals surface area contributed by atoms with Gasteiger partial charge in [-0.3, -0.25) is 4.79 Å². The number of carbonyl (C=O) groups excluding carboxylic acids is 2. The van der Waals surface area contributed by atoms with Crippen molar-refractivity contribution in [2.24, 2.45) is 17.8 Å². The van der Waals surface area contributed by atoms with Gasteiger partial charge in [0, 0.05) is 37.6 Å². The zero-order chi connectivity index (χ0) is 35.0. The first-order valence-electron chi connectivity index (χ1n) is 16.3. The van der Waals surface area contributed by atoms with Crippen LogP contribution in [0.15, 0.2) is 36.5 Å². The van der Waals surface area contributed by atoms with E-state index in [1.165, 1.54) is 10.7 Å². The van der Waals surface area contributed by atoms with E-state index in [0.717, 1.165) is 5.56 Å². The highest BCUT2D eigenvalue weighted by Gasteiger charge is 2.45. The van der Waals surface area contributed by atoms with Crippen LogP contribution in [0.25, 0.3) is 5.78 Å². The SMILES string of the molecule is O=C(N[C@H](c1cn2nc(C[C@H]3C[C@@H](C(F)(F)F)CNC3=O)c(C3CCS(=O)(=O)CC3)nc2n1)C1CCC(F)(F)CC1)OCc1ccccc1. The Morgan fingerprint density at radius 3 is 2.45 bits per heavy atom. The van der Waals surface area contributed by atoms with Crippen molar-refractivity contribution in [2.75, 3.05) is 18.1 Å². The van der Waals surface area contributed by atoms with E-state index in [9.17, 15) is 40.0 Å². The average Bonchev–Trinajstić information content (AvgIpc) is 3.46. The van der Waals surface area contributed by atoms with Gasteiger partial charge in [0.05, 0.1) is 46.7 Å². The van der Waals surface area contributed by atoms with Gasteiger partial charge in [-0.05, 0) is 43.6 Å². The number of piperidine rings is 1. The number of nitrogens with one attached hydrogen (secondary N) is 2. The maximum absolute atomic E-state index is 14.1. The van der Waals surface area contributed by atoms with Gasteiger partial charge in [0.25, 0.3) is 5.78 Å². The molecular weight excluding hydrogens is 675 g/mol. The Labute approximate surface area is 279 Å². The minimum absolute atomic E-state index is 0.0236. The first kappa shape index (κ1) is 35.0. The largest absolute Gasteiger partial charge is 0.445 e. The Kier molecular flexibility index (Phi) is 9.83. The number of aromatic nitrogens is 4. The molecule has 2 amide bonds. The predicted molar refractivity (Wildman–Crippen MR) is 165 cm³/mol. The van der Waals surface area contributed by atoms with Crippen molar-refractivity contribution in [3.05, 3.63) is 59.2 Å². The van der Waals surface area contributed by atoms with Gasteiger partial charge < -0.3 is 15.4 Å². The van der Waals surface area contributed by atoms with Crippen LogP contribution in [0.5, 0.6) is 0 Å². The maximum Gasteiger partial charge on any atom is 0.408 e. The molecule has 3 aliphatic rings. The van der Waals surface area contributed by atoms with Crippen LogP contribution >= 0.6 is 0 Å². The minimum Gasteiger partial charge on any atom is -0.445 e. The van der Waals surface area contributed by atoms with Gasteiger partial charge in [0.1, 0.15) is 16.4 Å². The quantitative estimate of drug-likeness (QED) is 0.309. The Bertz CT molecular complexity index is 1760. The van der Waals surface area contributed by atoms with E-state index < -0.39 is 76.6 Å². The molecule has 3 aromatic rings. The van der Waals surface area contributed by atoms with Crippen LogP contribution in [-0.4, -0.2) is 70.1 Å². The van der Waals surface area contributed by atoms with Crippen molar-refractivity contribution in [3.63, 3.8) is 0 Å². The molecule has 17 heteroatoms. The summed E-state index contributed by atoms with van der Waals surface area (Å²) in [6, 6.07) is 8.12. The van der Waals surface area contributed by atoms with E-state index in [1.807, 2.05) is 6.07 Å². The summed E-state index contributed by atoms with van der Waals surface area (Å²) in [6.45, 7) is -0.540. The average molecular weight is 713 g/mol. The van der Waals surface area contributed by atoms with Crippen molar-refractivity contribution < 1.29 is 44.7 Å². The second-order valence-corrected chi connectivity index (χ2v) is 15.6. The Balaban J connectivity index is 1.32. The molecule has 2 aromatic heterocycles. The van der Waals surface area contributed by atoms with Gasteiger partial charge in [0.15, 0.2) is 0 Å². The van der Waals surface area contributed by atoms with Crippen LogP contribution in [0.3, 0.4) is 0 Å². The van der Waals surface area contributed by atoms with Crippen molar-refractivity contribution in [1.82, 2.24) is 30.2 Å². The first-order valence-corrected chi connectivity index (χ1v) is 18.1. The van der Waals surface area contributed by atoms with E-state index in [0.29, 0.717) is 5.69 Å². The number of fused-ring (bicyclic) bond motifs is 1. The molecule has 0 spiro atoms. The van der Waals surface area contributed by atoms with Crippen molar-refractivity contribution in [2.45, 2.75) is 82.0 Å². The third kappa shape index (κ3) is 8.47. The van der Waals surface area contributed by atoms with E-state index >= 15 is 0 Å². The Morgan fingerprint density at radius 2 is 1.78 bits per heavy atom. The van der Waals surface area contributed by atoms with E-state index in [1.54, 1.807) is 24.3 Å². The zero-order valence-corrected chi connectivity index (χ0v) is 27.3. The van der Waals surface area contributed by atoms with Crippen LogP contribution in [0.4, 0.5) is 26.7 Å². The van der Waals surface area contributed by atoms with Crippen molar-refractivity contribution in [3.8, 4) is 0 Å². The van der Waals surface area contributed by atoms with Crippen LogP contribution in [0.2, 0.25) is 0 Å². The van der Waals surface area contributed by atoms with Gasteiger partial charge in [-0.15, -0.1) is 0 Å². The third-order valence-electron chi connectivity index (χ3n) is 9.78. The lowest BCUT2D eigenvalue weighted by Gasteiger charge is -2.33. The minimum atomic E-state index is -4.51. The molecule has 11 nitrogen and oxygen atoms in total. The number of rotatable bonds is 8. The monoisotopic (exact) mass is 712 g/mol. The summed E-state index contributed by atoms with van der Waals surface area (Å²) in [5.74, 6) is -7.12. The lowest BCUT2D eigenvalue weighted by atomic mass is 9.81. The maximum atomic E-state index is 14.1. The highest BCUT2D eigenvalue weighted by Crippen LogP contribution is 2.42. The zero-order valence-electron chi connectivity index (χ0n) is 26.5. The summed E-state index contributed by atoms with van der Waals surface area (Å²) in [7, 11) is -3.26. The van der Waals surface area contributed by atoms with Crippen molar-refractivity contribution in [1.29, 1.82) is 0 Å². The summed E-state index contributed by atoms with van der Waals surface area (Å²) in [6.07, 6.45) is -4.55. The molecule has 4 heterocycles. The highest BCUT2D eigenvalue weighted by atomic mass is 32.2. The van der Waals surface area contributed by atoms with Gasteiger partial charge in [0.2, 0.25) is 11.8 Å². The number of carbonyl (C=O) groups is 2. The number of ether oxygens (including phenoxy) is 1. The van der Waals surface area contributed by atoms with Crippen LogP contribution in [-0.2, 0) is 32.4 Å². The molecule has 6 rings (SSSR count). The van der Waals surface area contributed by atoms with Gasteiger partial charge >= 0.3 is 12.3 Å². The molecule has 1 aromatic carbocycles. The molecule has 1 saturated carbocycles. The lowest BCUT2D eigenvalue weighted by molar-refractivity contribution is -0.183. The highest BCUT2D eigenvalue weighted by molar-refractivity contribution is 7.91. The third-order valence-corrected chi connectivity index (χ3v) is 11.5. The molecule has 49 heavy (non-hydrogen) atoms. The van der Waals surface area contributed by atoms with E-state index in [4.69, 9.17) is 9.72 Å². The van der Waals surface area contributed by atoms with Gasteiger partial charge in [-0.25, -0.2) is 36.5 Å². The summed E-state index contributed by atoms with van der Waals surface area (Å²) in [5.41, 5.74) is 1.61. The number of alkyl halides is 5. The first-order chi connectivity index (χ1) is 23.2. The fourth-order valence-corrected chi connectivity index (χ4v) is 8.44. The van der Waals surface area contributed by atoms with Gasteiger partial charge in [-0.2, -0.15) is 18.3 Å². The molecule has 0 radical (unpaired) electrons. The normalized spacial score (nSPS) is 23.9. The smallest absolute Gasteiger partial charge is 0.408 e. The molecule has 2 saturated heterocycles. The lowest BCUT2D eigenvalue weighted by Crippen LogP contribution is -2.47. The number of benzene rings is 1. The van der Waals surface area contributed by atoms with Crippen LogP contribution in [0, 0.1) is 17.8 Å². The Morgan fingerprint density at radius 1 is 1.08 bits per heavy atom. The topological polar surface area (TPSA) is 145 Å². The van der Waals surface area contributed by atoms with Crippen molar-refractivity contribution >= 4 is 27.6 Å².